The first-order chi connectivity index (χ1) is 10.1. The van der Waals surface area contributed by atoms with Gasteiger partial charge in [0.1, 0.15) is 0 Å². The lowest BCUT2D eigenvalue weighted by molar-refractivity contribution is -0.130. The summed E-state index contributed by atoms with van der Waals surface area (Å²) >= 11 is 1.55. The highest BCUT2D eigenvalue weighted by atomic mass is 32.1. The van der Waals surface area contributed by atoms with Gasteiger partial charge in [-0.1, -0.05) is 6.07 Å². The molecule has 2 rings (SSSR count). The number of likely N-dealkylation sites (N-methyl/N-ethyl adjacent to an activating group) is 1. The Hall–Kier alpha value is -1.82. The van der Waals surface area contributed by atoms with Crippen LogP contribution in [0.5, 0.6) is 0 Å². The number of benzene rings is 1. The molecular weight excluding hydrogens is 294 g/mol. The fourth-order valence-corrected chi connectivity index (χ4v) is 2.61. The van der Waals surface area contributed by atoms with Crippen LogP contribution in [0.15, 0.2) is 29.8 Å². The second-order valence-electron chi connectivity index (χ2n) is 4.57. The van der Waals surface area contributed by atoms with Crippen LogP contribution in [0.25, 0.3) is 0 Å². The molecule has 21 heavy (non-hydrogen) atoms. The maximum absolute atomic E-state index is 13.1. The zero-order valence-corrected chi connectivity index (χ0v) is 12.5. The SMILES string of the molecule is CCN(CCc1nccs1)C(=O)Cc1ccc(F)c(F)c1. The number of hydrogen-bond acceptors (Lipinski definition) is 3. The predicted octanol–water partition coefficient (Wildman–Crippen LogP) is 3.06. The van der Waals surface area contributed by atoms with E-state index in [0.29, 0.717) is 25.1 Å². The van der Waals surface area contributed by atoms with Crippen molar-refractivity contribution in [3.8, 4) is 0 Å². The lowest BCUT2D eigenvalue weighted by Crippen LogP contribution is -2.33. The lowest BCUT2D eigenvalue weighted by Gasteiger charge is -2.20. The predicted molar refractivity (Wildman–Crippen MR) is 78.1 cm³/mol. The van der Waals surface area contributed by atoms with Gasteiger partial charge in [-0.25, -0.2) is 13.8 Å². The molecule has 0 saturated carbocycles. The van der Waals surface area contributed by atoms with Crippen molar-refractivity contribution in [3.63, 3.8) is 0 Å². The van der Waals surface area contributed by atoms with Crippen molar-refractivity contribution in [2.75, 3.05) is 13.1 Å². The van der Waals surface area contributed by atoms with Crippen LogP contribution in [0.2, 0.25) is 0 Å². The van der Waals surface area contributed by atoms with Crippen LogP contribution < -0.4 is 0 Å². The van der Waals surface area contributed by atoms with Crippen LogP contribution in [-0.4, -0.2) is 28.9 Å². The fourth-order valence-electron chi connectivity index (χ4n) is 2.00. The average Bonchev–Trinajstić information content (AvgIpc) is 2.97. The summed E-state index contributed by atoms with van der Waals surface area (Å²) in [6.45, 7) is 3.05. The number of thiazole rings is 1. The Balaban J connectivity index is 1.94. The van der Waals surface area contributed by atoms with Crippen molar-refractivity contribution in [1.82, 2.24) is 9.88 Å². The van der Waals surface area contributed by atoms with Gasteiger partial charge in [-0.15, -0.1) is 11.3 Å². The molecule has 0 bridgehead atoms. The number of amides is 1. The van der Waals surface area contributed by atoms with E-state index < -0.39 is 11.6 Å². The lowest BCUT2D eigenvalue weighted by atomic mass is 10.1. The molecule has 1 aromatic carbocycles. The van der Waals surface area contributed by atoms with Crippen molar-refractivity contribution in [2.45, 2.75) is 19.8 Å². The van der Waals surface area contributed by atoms with Crippen LogP contribution in [0.3, 0.4) is 0 Å². The first kappa shape index (κ1) is 15.6. The number of halogens is 2. The van der Waals surface area contributed by atoms with Crippen molar-refractivity contribution in [2.24, 2.45) is 0 Å². The zero-order valence-electron chi connectivity index (χ0n) is 11.7. The summed E-state index contributed by atoms with van der Waals surface area (Å²) < 4.78 is 26.0. The van der Waals surface area contributed by atoms with Gasteiger partial charge in [0.25, 0.3) is 0 Å². The minimum atomic E-state index is -0.925. The Morgan fingerprint density at radius 3 is 2.76 bits per heavy atom. The third kappa shape index (κ3) is 4.32. The van der Waals surface area contributed by atoms with E-state index in [1.807, 2.05) is 12.3 Å². The Bertz CT molecular complexity index is 602. The molecule has 0 saturated heterocycles. The molecule has 0 N–H and O–H groups in total. The Morgan fingerprint density at radius 1 is 1.33 bits per heavy atom. The number of hydrogen-bond donors (Lipinski definition) is 0. The van der Waals surface area contributed by atoms with E-state index in [0.717, 1.165) is 17.1 Å². The molecule has 0 atom stereocenters. The normalized spacial score (nSPS) is 10.6. The molecule has 3 nitrogen and oxygen atoms in total. The van der Waals surface area contributed by atoms with Crippen molar-refractivity contribution < 1.29 is 13.6 Å². The second kappa shape index (κ2) is 7.26. The summed E-state index contributed by atoms with van der Waals surface area (Å²) in [6.07, 6.45) is 2.51. The van der Waals surface area contributed by atoms with Gasteiger partial charge < -0.3 is 4.90 Å². The van der Waals surface area contributed by atoms with Gasteiger partial charge in [-0.3, -0.25) is 4.79 Å². The van der Waals surface area contributed by atoms with Gasteiger partial charge >= 0.3 is 0 Å². The van der Waals surface area contributed by atoms with Crippen molar-refractivity contribution >= 4 is 17.2 Å². The van der Waals surface area contributed by atoms with Gasteiger partial charge in [0.05, 0.1) is 11.4 Å². The number of rotatable bonds is 6. The summed E-state index contributed by atoms with van der Waals surface area (Å²) in [6, 6.07) is 3.55. The maximum Gasteiger partial charge on any atom is 0.226 e. The smallest absolute Gasteiger partial charge is 0.226 e. The third-order valence-electron chi connectivity index (χ3n) is 3.15. The van der Waals surface area contributed by atoms with Gasteiger partial charge in [-0.2, -0.15) is 0 Å². The monoisotopic (exact) mass is 310 g/mol. The van der Waals surface area contributed by atoms with Crippen LogP contribution in [0, 0.1) is 11.6 Å². The van der Waals surface area contributed by atoms with Gasteiger partial charge in [0, 0.05) is 31.1 Å². The van der Waals surface area contributed by atoms with E-state index in [9.17, 15) is 13.6 Å². The van der Waals surface area contributed by atoms with Crippen LogP contribution in [-0.2, 0) is 17.6 Å². The molecule has 0 unspecified atom stereocenters. The minimum absolute atomic E-state index is 0.0723. The topological polar surface area (TPSA) is 33.2 Å². The number of nitrogens with zero attached hydrogens (tertiary/aromatic N) is 2. The molecule has 0 aliphatic rings. The van der Waals surface area contributed by atoms with Crippen LogP contribution in [0.4, 0.5) is 8.78 Å². The van der Waals surface area contributed by atoms with Gasteiger partial charge in [-0.05, 0) is 24.6 Å². The first-order valence-corrected chi connectivity index (χ1v) is 7.58. The number of carbonyl (C=O) groups excluding carboxylic acids is 1. The molecule has 2 aromatic rings. The summed E-state index contributed by atoms with van der Waals surface area (Å²) in [5.74, 6) is -1.92. The molecule has 1 heterocycles. The summed E-state index contributed by atoms with van der Waals surface area (Å²) in [4.78, 5) is 18.1. The van der Waals surface area contributed by atoms with Gasteiger partial charge in [0.2, 0.25) is 5.91 Å². The molecule has 0 radical (unpaired) electrons. The van der Waals surface area contributed by atoms with Crippen molar-refractivity contribution in [1.29, 1.82) is 0 Å². The maximum atomic E-state index is 13.1. The van der Waals surface area contributed by atoms with E-state index >= 15 is 0 Å². The Kier molecular flexibility index (Phi) is 5.38. The van der Waals surface area contributed by atoms with Crippen LogP contribution >= 0.6 is 11.3 Å². The number of carbonyl (C=O) groups is 1. The molecule has 0 spiro atoms. The third-order valence-corrected chi connectivity index (χ3v) is 3.99. The highest BCUT2D eigenvalue weighted by Gasteiger charge is 2.14. The highest BCUT2D eigenvalue weighted by Crippen LogP contribution is 2.11. The summed E-state index contributed by atoms with van der Waals surface area (Å²) in [7, 11) is 0. The molecule has 0 aliphatic carbocycles. The zero-order chi connectivity index (χ0) is 15.2. The van der Waals surface area contributed by atoms with E-state index in [4.69, 9.17) is 0 Å². The first-order valence-electron chi connectivity index (χ1n) is 6.70. The Labute approximate surface area is 126 Å². The van der Waals surface area contributed by atoms with E-state index in [-0.39, 0.29) is 12.3 Å². The standard InChI is InChI=1S/C15H16F2N2OS/c1-2-19(7-5-14-18-6-8-21-14)15(20)10-11-3-4-12(16)13(17)9-11/h3-4,6,8-9H,2,5,7,10H2,1H3. The second-order valence-corrected chi connectivity index (χ2v) is 5.55. The molecule has 112 valence electrons. The number of aromatic nitrogens is 1. The fraction of sp³-hybridized carbons (Fsp3) is 0.333. The van der Waals surface area contributed by atoms with Crippen molar-refractivity contribution in [3.05, 3.63) is 52.0 Å². The summed E-state index contributed by atoms with van der Waals surface area (Å²) in [5, 5.41) is 2.88. The minimum Gasteiger partial charge on any atom is -0.342 e. The van der Waals surface area contributed by atoms with E-state index in [2.05, 4.69) is 4.98 Å². The highest BCUT2D eigenvalue weighted by molar-refractivity contribution is 7.09. The largest absolute Gasteiger partial charge is 0.342 e. The molecule has 1 aromatic heterocycles. The van der Waals surface area contributed by atoms with Crippen LogP contribution in [0.1, 0.15) is 17.5 Å². The Morgan fingerprint density at radius 2 is 2.14 bits per heavy atom. The molecule has 6 heteroatoms. The van der Waals surface area contributed by atoms with E-state index in [1.165, 1.54) is 6.07 Å². The molecule has 0 fully saturated rings. The quantitative estimate of drug-likeness (QED) is 0.821. The molecular formula is C15H16F2N2OS. The average molecular weight is 310 g/mol. The van der Waals surface area contributed by atoms with E-state index in [1.54, 1.807) is 22.4 Å². The summed E-state index contributed by atoms with van der Waals surface area (Å²) in [5.41, 5.74) is 0.478. The molecule has 1 amide bonds. The molecule has 0 aliphatic heterocycles. The van der Waals surface area contributed by atoms with Gasteiger partial charge in [0.15, 0.2) is 11.6 Å².